The maximum atomic E-state index is 12.3. The van der Waals surface area contributed by atoms with Gasteiger partial charge in [-0.2, -0.15) is 0 Å². The number of carbonyl (C=O) groups excluding carboxylic acids is 1. The van der Waals surface area contributed by atoms with Crippen molar-refractivity contribution in [1.29, 1.82) is 0 Å². The first-order chi connectivity index (χ1) is 12.9. The van der Waals surface area contributed by atoms with Gasteiger partial charge in [0.15, 0.2) is 0 Å². The Kier molecular flexibility index (Phi) is 5.66. The minimum Gasteiger partial charge on any atom is -0.457 e. The van der Waals surface area contributed by atoms with Crippen LogP contribution in [0.2, 0.25) is 0 Å². The molecule has 0 unspecified atom stereocenters. The average molecular weight is 380 g/mol. The number of rotatable bonds is 6. The van der Waals surface area contributed by atoms with E-state index >= 15 is 0 Å². The zero-order valence-electron chi connectivity index (χ0n) is 16.2. The predicted molar refractivity (Wildman–Crippen MR) is 113 cm³/mol. The molecule has 140 valence electrons. The van der Waals surface area contributed by atoms with Gasteiger partial charge in [-0.25, -0.2) is 0 Å². The molecule has 0 saturated carbocycles. The van der Waals surface area contributed by atoms with Crippen molar-refractivity contribution in [2.75, 3.05) is 5.32 Å². The summed E-state index contributed by atoms with van der Waals surface area (Å²) in [5.41, 5.74) is 3.21. The standard InChI is InChI=1S/C23H25NO2S/c1-5-23(3,4)17-6-10-19(11-7-17)26-20-12-8-18(9-13-20)24-22(25)21-16(2)14-15-27-21/h6-15H,5H2,1-4H3,(H,24,25). The molecule has 3 nitrogen and oxygen atoms in total. The summed E-state index contributed by atoms with van der Waals surface area (Å²) >= 11 is 1.45. The monoisotopic (exact) mass is 379 g/mol. The van der Waals surface area contributed by atoms with Gasteiger partial charge < -0.3 is 10.1 Å². The van der Waals surface area contributed by atoms with Gasteiger partial charge in [0.25, 0.3) is 5.91 Å². The Morgan fingerprint density at radius 2 is 1.59 bits per heavy atom. The van der Waals surface area contributed by atoms with E-state index in [4.69, 9.17) is 4.74 Å². The van der Waals surface area contributed by atoms with Crippen LogP contribution in [0.5, 0.6) is 11.5 Å². The summed E-state index contributed by atoms with van der Waals surface area (Å²) < 4.78 is 5.92. The van der Waals surface area contributed by atoms with Gasteiger partial charge in [-0.15, -0.1) is 11.3 Å². The third-order valence-corrected chi connectivity index (χ3v) is 5.95. The fraction of sp³-hybridized carbons (Fsp3) is 0.261. The van der Waals surface area contributed by atoms with Crippen molar-refractivity contribution in [2.45, 2.75) is 39.5 Å². The Labute approximate surface area is 165 Å². The number of hydrogen-bond donors (Lipinski definition) is 1. The number of amides is 1. The zero-order chi connectivity index (χ0) is 19.4. The lowest BCUT2D eigenvalue weighted by Gasteiger charge is -2.23. The number of anilines is 1. The molecule has 0 aliphatic heterocycles. The number of ether oxygens (including phenoxy) is 1. The van der Waals surface area contributed by atoms with Crippen LogP contribution in [0.1, 0.15) is 48.0 Å². The van der Waals surface area contributed by atoms with Crippen LogP contribution in [0, 0.1) is 6.92 Å². The van der Waals surface area contributed by atoms with Crippen LogP contribution < -0.4 is 10.1 Å². The van der Waals surface area contributed by atoms with Crippen molar-refractivity contribution < 1.29 is 9.53 Å². The van der Waals surface area contributed by atoms with Gasteiger partial charge in [-0.05, 0) is 77.7 Å². The molecular formula is C23H25NO2S. The third-order valence-electron chi connectivity index (χ3n) is 4.94. The highest BCUT2D eigenvalue weighted by Crippen LogP contribution is 2.30. The molecule has 0 fully saturated rings. The van der Waals surface area contributed by atoms with E-state index in [2.05, 4.69) is 38.2 Å². The van der Waals surface area contributed by atoms with Gasteiger partial charge >= 0.3 is 0 Å². The molecule has 0 saturated heterocycles. The summed E-state index contributed by atoms with van der Waals surface area (Å²) in [4.78, 5) is 13.0. The Bertz CT molecular complexity index is 908. The molecule has 0 atom stereocenters. The Balaban J connectivity index is 1.64. The maximum absolute atomic E-state index is 12.3. The van der Waals surface area contributed by atoms with Crippen molar-refractivity contribution in [1.82, 2.24) is 0 Å². The molecule has 1 aromatic heterocycles. The molecule has 1 amide bonds. The van der Waals surface area contributed by atoms with Gasteiger partial charge in [0.1, 0.15) is 11.5 Å². The smallest absolute Gasteiger partial charge is 0.265 e. The fourth-order valence-electron chi connectivity index (χ4n) is 2.71. The molecule has 0 radical (unpaired) electrons. The van der Waals surface area contributed by atoms with Crippen LogP contribution in [-0.4, -0.2) is 5.91 Å². The predicted octanol–water partition coefficient (Wildman–Crippen LogP) is 6.79. The normalized spacial score (nSPS) is 11.3. The summed E-state index contributed by atoms with van der Waals surface area (Å²) in [5.74, 6) is 1.46. The number of thiophene rings is 1. The minimum absolute atomic E-state index is 0.0784. The lowest BCUT2D eigenvalue weighted by atomic mass is 9.82. The molecule has 27 heavy (non-hydrogen) atoms. The van der Waals surface area contributed by atoms with Crippen molar-refractivity contribution in [3.05, 3.63) is 76.0 Å². The number of aryl methyl sites for hydroxylation is 1. The number of carbonyl (C=O) groups is 1. The quantitative estimate of drug-likeness (QED) is 0.512. The Morgan fingerprint density at radius 1 is 1.00 bits per heavy atom. The van der Waals surface area contributed by atoms with E-state index in [9.17, 15) is 4.79 Å². The number of benzene rings is 2. The van der Waals surface area contributed by atoms with E-state index in [-0.39, 0.29) is 11.3 Å². The maximum Gasteiger partial charge on any atom is 0.265 e. The van der Waals surface area contributed by atoms with Crippen LogP contribution in [0.3, 0.4) is 0 Å². The SMILES string of the molecule is CCC(C)(C)c1ccc(Oc2ccc(NC(=O)c3sccc3C)cc2)cc1. The Hall–Kier alpha value is -2.59. The second kappa shape index (κ2) is 7.97. The molecule has 0 aliphatic carbocycles. The molecule has 0 bridgehead atoms. The van der Waals surface area contributed by atoms with Crippen molar-refractivity contribution in [3.63, 3.8) is 0 Å². The molecule has 0 spiro atoms. The average Bonchev–Trinajstić information content (AvgIpc) is 3.10. The first-order valence-corrected chi connectivity index (χ1v) is 10.0. The largest absolute Gasteiger partial charge is 0.457 e. The second-order valence-electron chi connectivity index (χ2n) is 7.28. The van der Waals surface area contributed by atoms with Gasteiger partial charge in [0.2, 0.25) is 0 Å². The van der Waals surface area contributed by atoms with Crippen molar-refractivity contribution >= 4 is 22.9 Å². The molecule has 1 N–H and O–H groups in total. The van der Waals surface area contributed by atoms with E-state index in [0.29, 0.717) is 0 Å². The van der Waals surface area contributed by atoms with Crippen LogP contribution in [0.15, 0.2) is 60.0 Å². The van der Waals surface area contributed by atoms with Gasteiger partial charge in [-0.1, -0.05) is 32.9 Å². The molecule has 1 heterocycles. The van der Waals surface area contributed by atoms with E-state index in [0.717, 1.165) is 34.0 Å². The summed E-state index contributed by atoms with van der Waals surface area (Å²) in [6.45, 7) is 8.63. The van der Waals surface area contributed by atoms with Gasteiger partial charge in [0.05, 0.1) is 4.88 Å². The van der Waals surface area contributed by atoms with Gasteiger partial charge in [-0.3, -0.25) is 4.79 Å². The highest BCUT2D eigenvalue weighted by atomic mass is 32.1. The number of hydrogen-bond acceptors (Lipinski definition) is 3. The lowest BCUT2D eigenvalue weighted by Crippen LogP contribution is -2.14. The lowest BCUT2D eigenvalue weighted by molar-refractivity contribution is 0.103. The van der Waals surface area contributed by atoms with Gasteiger partial charge in [0, 0.05) is 5.69 Å². The first-order valence-electron chi connectivity index (χ1n) is 9.13. The molecule has 4 heteroatoms. The highest BCUT2D eigenvalue weighted by molar-refractivity contribution is 7.12. The highest BCUT2D eigenvalue weighted by Gasteiger charge is 2.17. The van der Waals surface area contributed by atoms with Crippen molar-refractivity contribution in [2.24, 2.45) is 0 Å². The molecule has 2 aromatic carbocycles. The summed E-state index contributed by atoms with van der Waals surface area (Å²) in [6.07, 6.45) is 1.09. The molecular weight excluding hydrogens is 354 g/mol. The van der Waals surface area contributed by atoms with E-state index in [1.165, 1.54) is 16.9 Å². The first kappa shape index (κ1) is 19.2. The fourth-order valence-corrected chi connectivity index (χ4v) is 3.53. The van der Waals surface area contributed by atoms with Crippen LogP contribution in [-0.2, 0) is 5.41 Å². The van der Waals surface area contributed by atoms with Crippen molar-refractivity contribution in [3.8, 4) is 11.5 Å². The molecule has 3 rings (SSSR count). The van der Waals surface area contributed by atoms with Crippen LogP contribution >= 0.6 is 11.3 Å². The summed E-state index contributed by atoms with van der Waals surface area (Å²) in [7, 11) is 0. The number of nitrogens with one attached hydrogen (secondary N) is 1. The van der Waals surface area contributed by atoms with E-state index in [1.54, 1.807) is 0 Å². The van der Waals surface area contributed by atoms with Crippen LogP contribution in [0.4, 0.5) is 5.69 Å². The van der Waals surface area contributed by atoms with E-state index in [1.807, 2.05) is 54.8 Å². The second-order valence-corrected chi connectivity index (χ2v) is 8.19. The minimum atomic E-state index is -0.0784. The molecule has 3 aromatic rings. The summed E-state index contributed by atoms with van der Waals surface area (Å²) in [6, 6.07) is 17.6. The summed E-state index contributed by atoms with van der Waals surface area (Å²) in [5, 5.41) is 4.85. The third kappa shape index (κ3) is 4.58. The topological polar surface area (TPSA) is 38.3 Å². The van der Waals surface area contributed by atoms with Crippen LogP contribution in [0.25, 0.3) is 0 Å². The van der Waals surface area contributed by atoms with E-state index < -0.39 is 0 Å². The zero-order valence-corrected chi connectivity index (χ0v) is 17.0. The molecule has 0 aliphatic rings. The Morgan fingerprint density at radius 3 is 2.11 bits per heavy atom.